The van der Waals surface area contributed by atoms with Crippen LogP contribution in [-0.2, 0) is 6.42 Å². The van der Waals surface area contributed by atoms with E-state index in [1.54, 1.807) is 0 Å². The topological polar surface area (TPSA) is 24.1 Å². The fraction of sp³-hybridized carbons (Fsp3) is 0.500. The Labute approximate surface area is 110 Å². The highest BCUT2D eigenvalue weighted by Crippen LogP contribution is 2.15. The lowest BCUT2D eigenvalue weighted by Gasteiger charge is -2.13. The highest BCUT2D eigenvalue weighted by molar-refractivity contribution is 7.80. The fourth-order valence-electron chi connectivity index (χ4n) is 1.59. The molecule has 17 heavy (non-hydrogen) atoms. The summed E-state index contributed by atoms with van der Waals surface area (Å²) < 4.78 is 0. The van der Waals surface area contributed by atoms with Crippen molar-refractivity contribution < 1.29 is 0 Å². The standard InChI is InChI=1S/C14H22N2S/c1-4-12-7-5-6-8-13(12)16-14(17)15-10-9-11(2)3/h5-8,11H,4,9-10H2,1-3H3,(H2,15,16,17). The first-order chi connectivity index (χ1) is 8.13. The lowest BCUT2D eigenvalue weighted by molar-refractivity contribution is 0.579. The van der Waals surface area contributed by atoms with Crippen molar-refractivity contribution in [2.45, 2.75) is 33.6 Å². The summed E-state index contributed by atoms with van der Waals surface area (Å²) in [4.78, 5) is 0. The van der Waals surface area contributed by atoms with Crippen LogP contribution in [0.2, 0.25) is 0 Å². The lowest BCUT2D eigenvalue weighted by atomic mass is 10.1. The number of nitrogens with one attached hydrogen (secondary N) is 2. The summed E-state index contributed by atoms with van der Waals surface area (Å²) in [6.45, 7) is 7.50. The quantitative estimate of drug-likeness (QED) is 0.781. The molecule has 0 aliphatic rings. The van der Waals surface area contributed by atoms with Gasteiger partial charge < -0.3 is 10.6 Å². The molecule has 0 saturated heterocycles. The second kappa shape index (κ2) is 7.28. The largest absolute Gasteiger partial charge is 0.362 e. The summed E-state index contributed by atoms with van der Waals surface area (Å²) in [5.41, 5.74) is 2.40. The normalized spacial score (nSPS) is 10.4. The number of thiocarbonyl (C=S) groups is 1. The van der Waals surface area contributed by atoms with E-state index in [2.05, 4.69) is 49.6 Å². The molecule has 0 heterocycles. The minimum absolute atomic E-state index is 0.702. The van der Waals surface area contributed by atoms with E-state index in [4.69, 9.17) is 12.2 Å². The molecule has 0 saturated carbocycles. The van der Waals surface area contributed by atoms with Crippen LogP contribution in [0, 0.1) is 5.92 Å². The van der Waals surface area contributed by atoms with Gasteiger partial charge in [0.25, 0.3) is 0 Å². The van der Waals surface area contributed by atoms with E-state index in [1.807, 2.05) is 6.07 Å². The zero-order valence-corrected chi connectivity index (χ0v) is 11.7. The Kier molecular flexibility index (Phi) is 5.98. The van der Waals surface area contributed by atoms with Crippen LogP contribution in [0.15, 0.2) is 24.3 Å². The summed E-state index contributed by atoms with van der Waals surface area (Å²) in [7, 11) is 0. The van der Waals surface area contributed by atoms with Crippen LogP contribution in [0.5, 0.6) is 0 Å². The van der Waals surface area contributed by atoms with Crippen LogP contribution < -0.4 is 10.6 Å². The molecule has 0 fully saturated rings. The molecule has 2 nitrogen and oxygen atoms in total. The number of benzene rings is 1. The van der Waals surface area contributed by atoms with Crippen LogP contribution in [0.1, 0.15) is 32.8 Å². The van der Waals surface area contributed by atoms with Gasteiger partial charge in [0.15, 0.2) is 5.11 Å². The molecule has 2 N–H and O–H groups in total. The van der Waals surface area contributed by atoms with Gasteiger partial charge in [0.05, 0.1) is 0 Å². The smallest absolute Gasteiger partial charge is 0.170 e. The molecular weight excluding hydrogens is 228 g/mol. The average molecular weight is 250 g/mol. The average Bonchev–Trinajstić information content (AvgIpc) is 2.29. The third-order valence-corrected chi connectivity index (χ3v) is 2.90. The number of rotatable bonds is 5. The van der Waals surface area contributed by atoms with Crippen LogP contribution >= 0.6 is 12.2 Å². The first-order valence-corrected chi connectivity index (χ1v) is 6.67. The minimum Gasteiger partial charge on any atom is -0.362 e. The Balaban J connectivity index is 2.45. The maximum atomic E-state index is 5.27. The fourth-order valence-corrected chi connectivity index (χ4v) is 1.80. The van der Waals surface area contributed by atoms with Crippen molar-refractivity contribution in [1.29, 1.82) is 0 Å². The van der Waals surface area contributed by atoms with Gasteiger partial charge in [-0.15, -0.1) is 0 Å². The zero-order chi connectivity index (χ0) is 12.7. The van der Waals surface area contributed by atoms with Crippen molar-refractivity contribution in [2.75, 3.05) is 11.9 Å². The summed E-state index contributed by atoms with van der Waals surface area (Å²) in [6, 6.07) is 8.27. The molecule has 0 aliphatic heterocycles. The van der Waals surface area contributed by atoms with Crippen molar-refractivity contribution >= 4 is 23.0 Å². The Morgan fingerprint density at radius 3 is 2.65 bits per heavy atom. The van der Waals surface area contributed by atoms with Crippen molar-refractivity contribution in [3.8, 4) is 0 Å². The number of anilines is 1. The molecule has 0 bridgehead atoms. The molecule has 1 aromatic rings. The van der Waals surface area contributed by atoms with E-state index in [-0.39, 0.29) is 0 Å². The molecule has 0 amide bonds. The third-order valence-electron chi connectivity index (χ3n) is 2.65. The van der Waals surface area contributed by atoms with Crippen LogP contribution in [0.3, 0.4) is 0 Å². The predicted molar refractivity (Wildman–Crippen MR) is 79.5 cm³/mol. The molecule has 1 rings (SSSR count). The van der Waals surface area contributed by atoms with Crippen LogP contribution in [0.4, 0.5) is 5.69 Å². The van der Waals surface area contributed by atoms with Crippen LogP contribution in [-0.4, -0.2) is 11.7 Å². The molecule has 0 atom stereocenters. The van der Waals surface area contributed by atoms with Crippen LogP contribution in [0.25, 0.3) is 0 Å². The van der Waals surface area contributed by atoms with E-state index in [0.717, 1.165) is 25.1 Å². The van der Waals surface area contributed by atoms with Crippen molar-refractivity contribution in [3.05, 3.63) is 29.8 Å². The van der Waals surface area contributed by atoms with Gasteiger partial charge in [-0.05, 0) is 42.6 Å². The molecule has 1 aromatic carbocycles. The minimum atomic E-state index is 0.702. The monoisotopic (exact) mass is 250 g/mol. The first-order valence-electron chi connectivity index (χ1n) is 6.26. The predicted octanol–water partition coefficient (Wildman–Crippen LogP) is 3.58. The summed E-state index contributed by atoms with van der Waals surface area (Å²) in [5.74, 6) is 0.702. The highest BCUT2D eigenvalue weighted by atomic mass is 32.1. The van der Waals surface area contributed by atoms with E-state index >= 15 is 0 Å². The van der Waals surface area contributed by atoms with Gasteiger partial charge in [0, 0.05) is 12.2 Å². The SMILES string of the molecule is CCc1ccccc1NC(=S)NCCC(C)C. The molecule has 0 radical (unpaired) electrons. The Morgan fingerprint density at radius 2 is 2.00 bits per heavy atom. The van der Waals surface area contributed by atoms with Crippen molar-refractivity contribution in [2.24, 2.45) is 5.92 Å². The maximum Gasteiger partial charge on any atom is 0.170 e. The summed E-state index contributed by atoms with van der Waals surface area (Å²) in [6.07, 6.45) is 2.15. The van der Waals surface area contributed by atoms with E-state index in [0.29, 0.717) is 11.0 Å². The number of hydrogen-bond donors (Lipinski definition) is 2. The van der Waals surface area contributed by atoms with Gasteiger partial charge in [-0.2, -0.15) is 0 Å². The van der Waals surface area contributed by atoms with Gasteiger partial charge >= 0.3 is 0 Å². The molecule has 3 heteroatoms. The number of para-hydroxylation sites is 1. The Hall–Kier alpha value is -1.09. The van der Waals surface area contributed by atoms with Crippen molar-refractivity contribution in [1.82, 2.24) is 5.32 Å². The first kappa shape index (κ1) is 14.0. The molecule has 0 spiro atoms. The van der Waals surface area contributed by atoms with Gasteiger partial charge in [-0.3, -0.25) is 0 Å². The zero-order valence-electron chi connectivity index (χ0n) is 10.9. The second-order valence-corrected chi connectivity index (χ2v) is 4.98. The molecule has 0 aromatic heterocycles. The van der Waals surface area contributed by atoms with E-state index < -0.39 is 0 Å². The highest BCUT2D eigenvalue weighted by Gasteiger charge is 2.02. The van der Waals surface area contributed by atoms with Gasteiger partial charge in [-0.25, -0.2) is 0 Å². The molecular formula is C14H22N2S. The molecule has 94 valence electrons. The van der Waals surface area contributed by atoms with Gasteiger partial charge in [0.1, 0.15) is 0 Å². The van der Waals surface area contributed by atoms with E-state index in [9.17, 15) is 0 Å². The molecule has 0 aliphatic carbocycles. The lowest BCUT2D eigenvalue weighted by Crippen LogP contribution is -2.30. The summed E-state index contributed by atoms with van der Waals surface area (Å²) in [5, 5.41) is 7.20. The van der Waals surface area contributed by atoms with E-state index in [1.165, 1.54) is 5.56 Å². The Bertz CT molecular complexity index is 361. The maximum absolute atomic E-state index is 5.27. The van der Waals surface area contributed by atoms with Gasteiger partial charge in [0.2, 0.25) is 0 Å². The Morgan fingerprint density at radius 1 is 1.29 bits per heavy atom. The third kappa shape index (κ3) is 5.18. The van der Waals surface area contributed by atoms with Gasteiger partial charge in [-0.1, -0.05) is 39.0 Å². The molecule has 0 unspecified atom stereocenters. The number of hydrogen-bond acceptors (Lipinski definition) is 1. The van der Waals surface area contributed by atoms with Crippen molar-refractivity contribution in [3.63, 3.8) is 0 Å². The second-order valence-electron chi connectivity index (χ2n) is 4.57. The summed E-state index contributed by atoms with van der Waals surface area (Å²) >= 11 is 5.27. The number of aryl methyl sites for hydroxylation is 1.